The van der Waals surface area contributed by atoms with Gasteiger partial charge in [-0.05, 0) is 79.5 Å². The standard InChI is InChI=1S/C33H32FN5O3/c1-39-13-11-20(12-14-39)18-42-30-17-28-25(16-29(30)41-2)33(37-19-36-28)38-27-10-8-22(15-26(27)34)31-23-6-4-3-5-21(23)7-9-24(31)32(35)40/h3-10,15-17,19-20H,11-14,18H2,1-2H3,(H2,35,40)(H,36,37,38). The number of nitrogens with zero attached hydrogens (tertiary/aromatic N) is 3. The monoisotopic (exact) mass is 565 g/mol. The van der Waals surface area contributed by atoms with Gasteiger partial charge in [0.25, 0.3) is 0 Å². The average molecular weight is 566 g/mol. The molecule has 1 saturated heterocycles. The Hall–Kier alpha value is -4.76. The first-order valence-corrected chi connectivity index (χ1v) is 13.9. The average Bonchev–Trinajstić information content (AvgIpc) is 3.00. The summed E-state index contributed by atoms with van der Waals surface area (Å²) in [6, 6.07) is 19.6. The molecule has 1 aliphatic heterocycles. The van der Waals surface area contributed by atoms with Gasteiger partial charge in [-0.15, -0.1) is 0 Å². The lowest BCUT2D eigenvalue weighted by Crippen LogP contribution is -2.32. The number of piperidine rings is 1. The molecule has 1 fully saturated rings. The van der Waals surface area contributed by atoms with Gasteiger partial charge >= 0.3 is 0 Å². The number of halogens is 1. The number of fused-ring (bicyclic) bond motifs is 2. The number of anilines is 2. The van der Waals surface area contributed by atoms with Crippen LogP contribution in [0.3, 0.4) is 0 Å². The molecular formula is C33H32FN5O3. The second-order valence-corrected chi connectivity index (χ2v) is 10.7. The topological polar surface area (TPSA) is 103 Å². The van der Waals surface area contributed by atoms with Gasteiger partial charge in [-0.25, -0.2) is 14.4 Å². The number of carbonyl (C=O) groups excluding carboxylic acids is 1. The summed E-state index contributed by atoms with van der Waals surface area (Å²) in [6.45, 7) is 2.74. The van der Waals surface area contributed by atoms with Crippen molar-refractivity contribution in [3.8, 4) is 22.6 Å². The van der Waals surface area contributed by atoms with Crippen LogP contribution in [-0.4, -0.2) is 54.6 Å². The molecule has 6 rings (SSSR count). The highest BCUT2D eigenvalue weighted by molar-refractivity contribution is 6.09. The number of ether oxygens (including phenoxy) is 2. The van der Waals surface area contributed by atoms with Gasteiger partial charge in [-0.1, -0.05) is 36.4 Å². The molecule has 5 aromatic rings. The van der Waals surface area contributed by atoms with Crippen LogP contribution in [-0.2, 0) is 0 Å². The highest BCUT2D eigenvalue weighted by Crippen LogP contribution is 2.37. The minimum atomic E-state index is -0.575. The van der Waals surface area contributed by atoms with Crippen LogP contribution in [0.4, 0.5) is 15.9 Å². The molecule has 1 aliphatic rings. The van der Waals surface area contributed by atoms with E-state index >= 15 is 4.39 Å². The summed E-state index contributed by atoms with van der Waals surface area (Å²) in [7, 11) is 3.73. The molecule has 9 heteroatoms. The van der Waals surface area contributed by atoms with Crippen molar-refractivity contribution in [1.29, 1.82) is 0 Å². The molecule has 0 aliphatic carbocycles. The van der Waals surface area contributed by atoms with Gasteiger partial charge in [0.15, 0.2) is 11.5 Å². The Morgan fingerprint density at radius 2 is 1.83 bits per heavy atom. The minimum absolute atomic E-state index is 0.223. The fourth-order valence-electron chi connectivity index (χ4n) is 5.56. The fraction of sp³-hybridized carbons (Fsp3) is 0.242. The first-order chi connectivity index (χ1) is 20.4. The highest BCUT2D eigenvalue weighted by atomic mass is 19.1. The molecule has 42 heavy (non-hydrogen) atoms. The SMILES string of the molecule is COc1cc2c(Nc3ccc(-c4c(C(N)=O)ccc5ccccc45)cc3F)ncnc2cc1OCC1CCN(C)CC1. The molecule has 0 radical (unpaired) electrons. The third-order valence-corrected chi connectivity index (χ3v) is 7.94. The van der Waals surface area contributed by atoms with Crippen LogP contribution in [0.1, 0.15) is 23.2 Å². The van der Waals surface area contributed by atoms with Gasteiger partial charge in [0.05, 0.1) is 24.9 Å². The molecule has 0 bridgehead atoms. The van der Waals surface area contributed by atoms with E-state index in [0.717, 1.165) is 36.7 Å². The van der Waals surface area contributed by atoms with Crippen molar-refractivity contribution >= 4 is 39.1 Å². The van der Waals surface area contributed by atoms with Crippen LogP contribution < -0.4 is 20.5 Å². The summed E-state index contributed by atoms with van der Waals surface area (Å²) in [5, 5.41) is 5.51. The van der Waals surface area contributed by atoms with E-state index in [2.05, 4.69) is 27.2 Å². The number of nitrogens with one attached hydrogen (secondary N) is 1. The van der Waals surface area contributed by atoms with E-state index in [9.17, 15) is 4.79 Å². The summed E-state index contributed by atoms with van der Waals surface area (Å²) in [6.07, 6.45) is 3.62. The molecule has 0 saturated carbocycles. The van der Waals surface area contributed by atoms with E-state index in [4.69, 9.17) is 15.2 Å². The Bertz CT molecular complexity index is 1790. The van der Waals surface area contributed by atoms with E-state index < -0.39 is 11.7 Å². The van der Waals surface area contributed by atoms with Crippen LogP contribution in [0, 0.1) is 11.7 Å². The van der Waals surface area contributed by atoms with Gasteiger partial charge in [0.2, 0.25) is 5.91 Å². The van der Waals surface area contributed by atoms with Gasteiger partial charge in [-0.3, -0.25) is 4.79 Å². The molecule has 214 valence electrons. The molecule has 1 aromatic heterocycles. The van der Waals surface area contributed by atoms with Crippen molar-refractivity contribution in [2.75, 3.05) is 39.2 Å². The number of hydrogen-bond acceptors (Lipinski definition) is 7. The highest BCUT2D eigenvalue weighted by Gasteiger charge is 2.20. The quantitative estimate of drug-likeness (QED) is 0.232. The number of carbonyl (C=O) groups is 1. The Balaban J connectivity index is 1.30. The third-order valence-electron chi connectivity index (χ3n) is 7.94. The van der Waals surface area contributed by atoms with Crippen LogP contribution in [0.5, 0.6) is 11.5 Å². The second-order valence-electron chi connectivity index (χ2n) is 10.7. The number of hydrogen-bond donors (Lipinski definition) is 2. The van der Waals surface area contributed by atoms with Crippen molar-refractivity contribution in [3.05, 3.63) is 84.4 Å². The van der Waals surface area contributed by atoms with E-state index in [1.807, 2.05) is 42.5 Å². The van der Waals surface area contributed by atoms with E-state index in [1.54, 1.807) is 25.3 Å². The first-order valence-electron chi connectivity index (χ1n) is 13.9. The summed E-state index contributed by atoms with van der Waals surface area (Å²) >= 11 is 0. The zero-order chi connectivity index (χ0) is 29.2. The number of rotatable bonds is 8. The van der Waals surface area contributed by atoms with Crippen LogP contribution in [0.15, 0.2) is 73.1 Å². The number of aromatic nitrogens is 2. The Morgan fingerprint density at radius 3 is 2.60 bits per heavy atom. The van der Waals surface area contributed by atoms with Crippen molar-refractivity contribution in [1.82, 2.24) is 14.9 Å². The van der Waals surface area contributed by atoms with Gasteiger partial charge in [0.1, 0.15) is 18.0 Å². The lowest BCUT2D eigenvalue weighted by Gasteiger charge is -2.28. The molecule has 1 amide bonds. The summed E-state index contributed by atoms with van der Waals surface area (Å²) in [4.78, 5) is 23.4. The lowest BCUT2D eigenvalue weighted by molar-refractivity contribution is 0.100. The Kier molecular flexibility index (Phi) is 7.58. The van der Waals surface area contributed by atoms with Crippen LogP contribution in [0.2, 0.25) is 0 Å². The lowest BCUT2D eigenvalue weighted by atomic mass is 9.92. The molecule has 0 spiro atoms. The molecule has 4 aromatic carbocycles. The van der Waals surface area contributed by atoms with Gasteiger partial charge in [0, 0.05) is 22.6 Å². The maximum absolute atomic E-state index is 15.6. The molecule has 0 unspecified atom stereocenters. The molecule has 8 nitrogen and oxygen atoms in total. The number of nitrogens with two attached hydrogens (primary N) is 1. The molecular weight excluding hydrogens is 533 g/mol. The van der Waals surface area contributed by atoms with E-state index in [-0.39, 0.29) is 5.69 Å². The Morgan fingerprint density at radius 1 is 1.02 bits per heavy atom. The molecule has 3 N–H and O–H groups in total. The minimum Gasteiger partial charge on any atom is -0.493 e. The number of benzene rings is 4. The van der Waals surface area contributed by atoms with Crippen molar-refractivity contribution in [2.24, 2.45) is 11.7 Å². The maximum Gasteiger partial charge on any atom is 0.249 e. The normalized spacial score (nSPS) is 14.3. The van der Waals surface area contributed by atoms with Crippen LogP contribution >= 0.6 is 0 Å². The van der Waals surface area contributed by atoms with Gasteiger partial charge < -0.3 is 25.4 Å². The largest absolute Gasteiger partial charge is 0.493 e. The van der Waals surface area contributed by atoms with Crippen LogP contribution in [0.25, 0.3) is 32.8 Å². The Labute approximate surface area is 243 Å². The number of amides is 1. The number of likely N-dealkylation sites (tertiary alicyclic amines) is 1. The van der Waals surface area contributed by atoms with E-state index in [1.165, 1.54) is 12.4 Å². The zero-order valence-corrected chi connectivity index (χ0v) is 23.6. The van der Waals surface area contributed by atoms with Crippen molar-refractivity contribution < 1.29 is 18.7 Å². The fourth-order valence-corrected chi connectivity index (χ4v) is 5.56. The second kappa shape index (κ2) is 11.6. The van der Waals surface area contributed by atoms with Gasteiger partial charge in [-0.2, -0.15) is 0 Å². The smallest absolute Gasteiger partial charge is 0.249 e. The predicted octanol–water partition coefficient (Wildman–Crippen LogP) is 6.16. The van der Waals surface area contributed by atoms with Crippen molar-refractivity contribution in [3.63, 3.8) is 0 Å². The first kappa shape index (κ1) is 27.4. The summed E-state index contributed by atoms with van der Waals surface area (Å²) < 4.78 is 27.4. The zero-order valence-electron chi connectivity index (χ0n) is 23.6. The van der Waals surface area contributed by atoms with E-state index in [0.29, 0.717) is 57.4 Å². The maximum atomic E-state index is 15.6. The predicted molar refractivity (Wildman–Crippen MR) is 163 cm³/mol. The number of methoxy groups -OCH3 is 1. The summed E-state index contributed by atoms with van der Waals surface area (Å²) in [5.74, 6) is 1.00. The molecule has 2 heterocycles. The molecule has 0 atom stereocenters. The number of primary amides is 1. The third kappa shape index (κ3) is 5.43. The summed E-state index contributed by atoms with van der Waals surface area (Å²) in [5.41, 5.74) is 8.02. The van der Waals surface area contributed by atoms with Crippen molar-refractivity contribution in [2.45, 2.75) is 12.8 Å².